The predicted molar refractivity (Wildman–Crippen MR) is 126 cm³/mol. The van der Waals surface area contributed by atoms with Crippen molar-refractivity contribution >= 4 is 22.8 Å². The van der Waals surface area contributed by atoms with E-state index in [4.69, 9.17) is 0 Å². The third kappa shape index (κ3) is 5.56. The summed E-state index contributed by atoms with van der Waals surface area (Å²) in [5, 5.41) is 21.7. The van der Waals surface area contributed by atoms with Crippen LogP contribution in [0.1, 0.15) is 38.4 Å². The van der Waals surface area contributed by atoms with Crippen LogP contribution in [0.3, 0.4) is 0 Å². The minimum absolute atomic E-state index is 0.0724. The van der Waals surface area contributed by atoms with Crippen LogP contribution >= 0.6 is 0 Å². The topological polar surface area (TPSA) is 88.8 Å². The Morgan fingerprint density at radius 1 is 1.09 bits per heavy atom. The SMILES string of the molecule is COC(=O)CC(O)CC(O)/C=C/c1c(-c2ccc(F)cc2)c2ccccc2c(=O)n1C(C)C. The van der Waals surface area contributed by atoms with Crippen LogP contribution in [0.2, 0.25) is 0 Å². The number of hydrogen-bond acceptors (Lipinski definition) is 5. The van der Waals surface area contributed by atoms with Gasteiger partial charge in [0.2, 0.25) is 0 Å². The van der Waals surface area contributed by atoms with Crippen molar-refractivity contribution in [2.45, 2.75) is 44.9 Å². The maximum Gasteiger partial charge on any atom is 0.308 e. The molecule has 0 saturated heterocycles. The van der Waals surface area contributed by atoms with Crippen LogP contribution in [-0.4, -0.2) is 40.1 Å². The Bertz CT molecular complexity index is 1210. The molecule has 2 N–H and O–H groups in total. The van der Waals surface area contributed by atoms with Crippen LogP contribution < -0.4 is 5.56 Å². The van der Waals surface area contributed by atoms with Crippen molar-refractivity contribution in [2.75, 3.05) is 7.11 Å². The number of fused-ring (bicyclic) bond motifs is 1. The molecule has 2 atom stereocenters. The van der Waals surface area contributed by atoms with Crippen molar-refractivity contribution in [1.29, 1.82) is 0 Å². The third-order valence-electron chi connectivity index (χ3n) is 5.43. The molecule has 174 valence electrons. The minimum atomic E-state index is -1.07. The molecule has 2 aromatic carbocycles. The first-order chi connectivity index (χ1) is 15.7. The summed E-state index contributed by atoms with van der Waals surface area (Å²) in [5.41, 5.74) is 1.84. The number of halogens is 1. The number of methoxy groups -OCH3 is 1. The summed E-state index contributed by atoms with van der Waals surface area (Å²) in [7, 11) is 1.23. The number of hydrogen-bond donors (Lipinski definition) is 2. The molecule has 2 unspecified atom stereocenters. The molecule has 3 aromatic rings. The quantitative estimate of drug-likeness (QED) is 0.502. The summed E-state index contributed by atoms with van der Waals surface area (Å²) in [6, 6.07) is 13.1. The number of benzene rings is 2. The van der Waals surface area contributed by atoms with Crippen LogP contribution in [0, 0.1) is 5.82 Å². The van der Waals surface area contributed by atoms with E-state index in [-0.39, 0.29) is 30.3 Å². The van der Waals surface area contributed by atoms with E-state index in [1.165, 1.54) is 25.3 Å². The molecule has 1 heterocycles. The largest absolute Gasteiger partial charge is 0.469 e. The zero-order valence-electron chi connectivity index (χ0n) is 18.9. The molecule has 0 spiro atoms. The van der Waals surface area contributed by atoms with Crippen molar-refractivity contribution in [2.24, 2.45) is 0 Å². The second-order valence-corrected chi connectivity index (χ2v) is 8.18. The van der Waals surface area contributed by atoms with E-state index in [0.717, 1.165) is 11.1 Å². The van der Waals surface area contributed by atoms with E-state index < -0.39 is 18.2 Å². The molecule has 0 aliphatic rings. The highest BCUT2D eigenvalue weighted by molar-refractivity contribution is 5.99. The lowest BCUT2D eigenvalue weighted by atomic mass is 9.95. The summed E-state index contributed by atoms with van der Waals surface area (Å²) >= 11 is 0. The van der Waals surface area contributed by atoms with Gasteiger partial charge in [0.25, 0.3) is 5.56 Å². The second kappa shape index (κ2) is 10.6. The Morgan fingerprint density at radius 2 is 1.73 bits per heavy atom. The number of rotatable bonds is 8. The number of aliphatic hydroxyl groups is 2. The third-order valence-corrected chi connectivity index (χ3v) is 5.43. The zero-order valence-corrected chi connectivity index (χ0v) is 18.9. The summed E-state index contributed by atoms with van der Waals surface area (Å²) in [6.07, 6.45) is 0.689. The molecular weight excluding hydrogens is 425 g/mol. The number of aliphatic hydroxyl groups excluding tert-OH is 2. The van der Waals surface area contributed by atoms with Gasteiger partial charge in [0.15, 0.2) is 0 Å². The van der Waals surface area contributed by atoms with Crippen molar-refractivity contribution in [3.63, 3.8) is 0 Å². The number of nitrogens with zero attached hydrogens (tertiary/aromatic N) is 1. The number of aromatic nitrogens is 1. The molecule has 0 bridgehead atoms. The first-order valence-electron chi connectivity index (χ1n) is 10.8. The van der Waals surface area contributed by atoms with Gasteiger partial charge >= 0.3 is 5.97 Å². The summed E-state index contributed by atoms with van der Waals surface area (Å²) in [4.78, 5) is 24.7. The molecule has 33 heavy (non-hydrogen) atoms. The molecular formula is C26H28FNO5. The first-order valence-corrected chi connectivity index (χ1v) is 10.8. The van der Waals surface area contributed by atoms with Crippen LogP contribution in [0.5, 0.6) is 0 Å². The molecule has 0 aliphatic heterocycles. The fraction of sp³-hybridized carbons (Fsp3) is 0.308. The maximum atomic E-state index is 13.6. The van der Waals surface area contributed by atoms with Gasteiger partial charge in [0.05, 0.1) is 31.4 Å². The Morgan fingerprint density at radius 3 is 2.33 bits per heavy atom. The molecule has 0 aliphatic carbocycles. The Labute approximate surface area is 191 Å². The highest BCUT2D eigenvalue weighted by Crippen LogP contribution is 2.33. The number of esters is 1. The second-order valence-electron chi connectivity index (χ2n) is 8.18. The van der Waals surface area contributed by atoms with Gasteiger partial charge in [-0.25, -0.2) is 4.39 Å². The molecule has 0 saturated carbocycles. The zero-order chi connectivity index (χ0) is 24.1. The van der Waals surface area contributed by atoms with Gasteiger partial charge in [0.1, 0.15) is 5.82 Å². The van der Waals surface area contributed by atoms with Crippen LogP contribution in [0.25, 0.3) is 28.0 Å². The average Bonchev–Trinajstić information content (AvgIpc) is 2.78. The van der Waals surface area contributed by atoms with Crippen molar-refractivity contribution < 1.29 is 24.1 Å². The summed E-state index contributed by atoms with van der Waals surface area (Å²) in [5.74, 6) is -0.937. The highest BCUT2D eigenvalue weighted by atomic mass is 19.1. The number of carbonyl (C=O) groups excluding carboxylic acids is 1. The monoisotopic (exact) mass is 453 g/mol. The molecule has 3 rings (SSSR count). The summed E-state index contributed by atoms with van der Waals surface area (Å²) < 4.78 is 19.8. The molecule has 0 amide bonds. The first kappa shape index (κ1) is 24.4. The van der Waals surface area contributed by atoms with Gasteiger partial charge in [-0.1, -0.05) is 36.4 Å². The Kier molecular flexibility index (Phi) is 7.79. The van der Waals surface area contributed by atoms with E-state index in [2.05, 4.69) is 4.74 Å². The van der Waals surface area contributed by atoms with Gasteiger partial charge in [0, 0.05) is 23.4 Å². The highest BCUT2D eigenvalue weighted by Gasteiger charge is 2.19. The Hall–Kier alpha value is -3.29. The summed E-state index contributed by atoms with van der Waals surface area (Å²) in [6.45, 7) is 3.77. The average molecular weight is 454 g/mol. The number of carbonyl (C=O) groups is 1. The van der Waals surface area contributed by atoms with E-state index >= 15 is 0 Å². The van der Waals surface area contributed by atoms with E-state index in [1.807, 2.05) is 26.0 Å². The molecule has 0 radical (unpaired) electrons. The fourth-order valence-corrected chi connectivity index (χ4v) is 3.90. The van der Waals surface area contributed by atoms with Crippen molar-refractivity contribution in [1.82, 2.24) is 4.57 Å². The fourth-order valence-electron chi connectivity index (χ4n) is 3.90. The maximum absolute atomic E-state index is 13.6. The molecule has 1 aromatic heterocycles. The van der Waals surface area contributed by atoms with Crippen LogP contribution in [0.4, 0.5) is 4.39 Å². The van der Waals surface area contributed by atoms with E-state index in [0.29, 0.717) is 16.5 Å². The lowest BCUT2D eigenvalue weighted by Crippen LogP contribution is -2.25. The van der Waals surface area contributed by atoms with Crippen LogP contribution in [0.15, 0.2) is 59.4 Å². The van der Waals surface area contributed by atoms with Crippen molar-refractivity contribution in [3.8, 4) is 11.1 Å². The van der Waals surface area contributed by atoms with Gasteiger partial charge in [-0.2, -0.15) is 0 Å². The van der Waals surface area contributed by atoms with Crippen LogP contribution in [-0.2, 0) is 9.53 Å². The standard InChI is InChI=1S/C26H28FNO5/c1-16(2)28-23(13-12-19(29)14-20(30)15-24(31)33-3)25(17-8-10-18(27)11-9-17)21-6-4-5-7-22(21)26(28)32/h4-13,16,19-20,29-30H,14-15H2,1-3H3/b13-12+. The van der Waals surface area contributed by atoms with Gasteiger partial charge in [-0.15, -0.1) is 0 Å². The number of ether oxygens (including phenoxy) is 1. The number of pyridine rings is 1. The lowest BCUT2D eigenvalue weighted by Gasteiger charge is -2.21. The van der Waals surface area contributed by atoms with Gasteiger partial charge < -0.3 is 19.5 Å². The minimum Gasteiger partial charge on any atom is -0.469 e. The van der Waals surface area contributed by atoms with E-state index in [1.54, 1.807) is 34.9 Å². The van der Waals surface area contributed by atoms with Gasteiger partial charge in [-0.3, -0.25) is 9.59 Å². The smallest absolute Gasteiger partial charge is 0.308 e. The van der Waals surface area contributed by atoms with E-state index in [9.17, 15) is 24.2 Å². The normalized spacial score (nSPS) is 13.5. The molecule has 7 heteroatoms. The Balaban J connectivity index is 2.14. The van der Waals surface area contributed by atoms with Gasteiger partial charge in [-0.05, 0) is 49.1 Å². The van der Waals surface area contributed by atoms with Crippen molar-refractivity contribution in [3.05, 3.63) is 76.5 Å². The molecule has 6 nitrogen and oxygen atoms in total. The lowest BCUT2D eigenvalue weighted by molar-refractivity contribution is -0.143. The molecule has 0 fully saturated rings. The predicted octanol–water partition coefficient (Wildman–Crippen LogP) is 4.08.